The SMILES string of the molecule is COCC1(CNC(=O)CCc2nc(-c3ccc(OC)cc3)no2)CCNCC1.Cl. The molecule has 2 heterocycles. The van der Waals surface area contributed by atoms with Crippen molar-refractivity contribution in [3.8, 4) is 17.1 Å². The molecule has 0 bridgehead atoms. The summed E-state index contributed by atoms with van der Waals surface area (Å²) in [6.45, 7) is 3.19. The number of hydrogen-bond donors (Lipinski definition) is 2. The molecule has 1 fully saturated rings. The number of carbonyl (C=O) groups excluding carboxylic acids is 1. The van der Waals surface area contributed by atoms with E-state index in [0.29, 0.717) is 37.7 Å². The second-order valence-electron chi connectivity index (χ2n) is 7.20. The van der Waals surface area contributed by atoms with Crippen LogP contribution in [0, 0.1) is 5.41 Å². The van der Waals surface area contributed by atoms with Gasteiger partial charge in [-0.05, 0) is 50.2 Å². The predicted octanol–water partition coefficient (Wildman–Crippen LogP) is 2.23. The van der Waals surface area contributed by atoms with Crippen molar-refractivity contribution >= 4 is 18.3 Å². The fourth-order valence-corrected chi connectivity index (χ4v) is 3.44. The minimum Gasteiger partial charge on any atom is -0.497 e. The first-order valence-electron chi connectivity index (χ1n) is 9.57. The zero-order valence-electron chi connectivity index (χ0n) is 16.9. The van der Waals surface area contributed by atoms with Gasteiger partial charge in [0.1, 0.15) is 5.75 Å². The topological polar surface area (TPSA) is 98.5 Å². The normalized spacial score (nSPS) is 15.4. The van der Waals surface area contributed by atoms with Crippen molar-refractivity contribution in [2.75, 3.05) is 40.5 Å². The lowest BCUT2D eigenvalue weighted by molar-refractivity contribution is -0.122. The fraction of sp³-hybridized carbons (Fsp3) is 0.550. The molecule has 3 rings (SSSR count). The van der Waals surface area contributed by atoms with E-state index in [1.54, 1.807) is 14.2 Å². The number of aryl methyl sites for hydroxylation is 1. The highest BCUT2D eigenvalue weighted by molar-refractivity contribution is 5.85. The van der Waals surface area contributed by atoms with E-state index in [-0.39, 0.29) is 23.7 Å². The van der Waals surface area contributed by atoms with Crippen LogP contribution < -0.4 is 15.4 Å². The van der Waals surface area contributed by atoms with Crippen molar-refractivity contribution in [1.29, 1.82) is 0 Å². The van der Waals surface area contributed by atoms with Gasteiger partial charge in [-0.2, -0.15) is 4.98 Å². The Morgan fingerprint density at radius 1 is 1.24 bits per heavy atom. The van der Waals surface area contributed by atoms with Gasteiger partial charge in [-0.1, -0.05) is 5.16 Å². The van der Waals surface area contributed by atoms with Crippen molar-refractivity contribution in [3.63, 3.8) is 0 Å². The molecule has 0 spiro atoms. The zero-order chi connectivity index (χ0) is 19.8. The summed E-state index contributed by atoms with van der Waals surface area (Å²) in [6.07, 6.45) is 2.71. The highest BCUT2D eigenvalue weighted by atomic mass is 35.5. The van der Waals surface area contributed by atoms with Gasteiger partial charge in [0.05, 0.1) is 13.7 Å². The second kappa shape index (κ2) is 11.1. The van der Waals surface area contributed by atoms with Crippen molar-refractivity contribution in [1.82, 2.24) is 20.8 Å². The van der Waals surface area contributed by atoms with Crippen LogP contribution in [0.2, 0.25) is 0 Å². The summed E-state index contributed by atoms with van der Waals surface area (Å²) in [5, 5.41) is 10.4. The molecule has 0 unspecified atom stereocenters. The number of methoxy groups -OCH3 is 2. The zero-order valence-corrected chi connectivity index (χ0v) is 17.7. The summed E-state index contributed by atoms with van der Waals surface area (Å²) in [7, 11) is 3.33. The molecule has 0 atom stereocenters. The first-order valence-corrected chi connectivity index (χ1v) is 9.57. The number of hydrogen-bond acceptors (Lipinski definition) is 7. The fourth-order valence-electron chi connectivity index (χ4n) is 3.44. The molecule has 1 saturated heterocycles. The van der Waals surface area contributed by atoms with Crippen LogP contribution in [0.25, 0.3) is 11.4 Å². The monoisotopic (exact) mass is 424 g/mol. The molecular formula is C20H29ClN4O4. The molecule has 0 aliphatic carbocycles. The van der Waals surface area contributed by atoms with Gasteiger partial charge in [-0.15, -0.1) is 12.4 Å². The maximum atomic E-state index is 12.3. The molecule has 2 N–H and O–H groups in total. The van der Waals surface area contributed by atoms with Gasteiger partial charge in [0.15, 0.2) is 0 Å². The molecule has 1 aliphatic heterocycles. The first kappa shape index (κ1) is 23.1. The van der Waals surface area contributed by atoms with Gasteiger partial charge in [0.2, 0.25) is 17.6 Å². The predicted molar refractivity (Wildman–Crippen MR) is 111 cm³/mol. The highest BCUT2D eigenvalue weighted by Crippen LogP contribution is 2.28. The lowest BCUT2D eigenvalue weighted by atomic mass is 9.79. The van der Waals surface area contributed by atoms with Gasteiger partial charge < -0.3 is 24.6 Å². The average Bonchev–Trinajstić information content (AvgIpc) is 3.21. The van der Waals surface area contributed by atoms with E-state index in [0.717, 1.165) is 37.2 Å². The Balaban J connectivity index is 0.00000300. The molecule has 0 saturated carbocycles. The van der Waals surface area contributed by atoms with E-state index in [9.17, 15) is 4.79 Å². The van der Waals surface area contributed by atoms with Crippen LogP contribution in [0.5, 0.6) is 5.75 Å². The molecule has 9 heteroatoms. The Labute approximate surface area is 177 Å². The summed E-state index contributed by atoms with van der Waals surface area (Å²) in [6, 6.07) is 7.42. The standard InChI is InChI=1S/C20H28N4O4.ClH/c1-26-14-20(9-11-21-12-10-20)13-22-17(25)7-8-18-23-19(24-28-18)15-3-5-16(27-2)6-4-15;/h3-6,21H,7-14H2,1-2H3,(H,22,25);1H. The Morgan fingerprint density at radius 2 is 1.97 bits per heavy atom. The van der Waals surface area contributed by atoms with Crippen molar-refractivity contribution in [2.24, 2.45) is 5.41 Å². The van der Waals surface area contributed by atoms with Crippen molar-refractivity contribution < 1.29 is 18.8 Å². The lowest BCUT2D eigenvalue weighted by Gasteiger charge is -2.37. The van der Waals surface area contributed by atoms with E-state index in [1.807, 2.05) is 24.3 Å². The molecule has 8 nitrogen and oxygen atoms in total. The van der Waals surface area contributed by atoms with Crippen LogP contribution in [0.4, 0.5) is 0 Å². The molecular weight excluding hydrogens is 396 g/mol. The maximum Gasteiger partial charge on any atom is 0.227 e. The van der Waals surface area contributed by atoms with E-state index in [2.05, 4.69) is 20.8 Å². The van der Waals surface area contributed by atoms with Crippen LogP contribution >= 0.6 is 12.4 Å². The number of ether oxygens (including phenoxy) is 2. The maximum absolute atomic E-state index is 12.3. The Bertz CT molecular complexity index is 755. The third-order valence-electron chi connectivity index (χ3n) is 5.16. The van der Waals surface area contributed by atoms with E-state index >= 15 is 0 Å². The molecule has 2 aromatic rings. The Kier molecular flexibility index (Phi) is 8.88. The van der Waals surface area contributed by atoms with Crippen LogP contribution in [0.3, 0.4) is 0 Å². The average molecular weight is 425 g/mol. The van der Waals surface area contributed by atoms with Gasteiger partial charge in [-0.25, -0.2) is 0 Å². The van der Waals surface area contributed by atoms with Crippen LogP contribution in [-0.4, -0.2) is 56.5 Å². The molecule has 1 aromatic carbocycles. The number of carbonyl (C=O) groups is 1. The number of rotatable bonds is 9. The minimum absolute atomic E-state index is 0. The number of amides is 1. The van der Waals surface area contributed by atoms with Crippen molar-refractivity contribution in [2.45, 2.75) is 25.7 Å². The molecule has 1 aromatic heterocycles. The third kappa shape index (κ3) is 6.42. The largest absolute Gasteiger partial charge is 0.497 e. The quantitative estimate of drug-likeness (QED) is 0.636. The third-order valence-corrected chi connectivity index (χ3v) is 5.16. The summed E-state index contributed by atoms with van der Waals surface area (Å²) in [5.74, 6) is 1.71. The molecule has 29 heavy (non-hydrogen) atoms. The van der Waals surface area contributed by atoms with Gasteiger partial charge in [0.25, 0.3) is 0 Å². The highest BCUT2D eigenvalue weighted by Gasteiger charge is 2.32. The summed E-state index contributed by atoms with van der Waals surface area (Å²) < 4.78 is 15.8. The smallest absolute Gasteiger partial charge is 0.227 e. The number of benzene rings is 1. The van der Waals surface area contributed by atoms with Crippen LogP contribution in [0.15, 0.2) is 28.8 Å². The van der Waals surface area contributed by atoms with Crippen LogP contribution in [-0.2, 0) is 16.0 Å². The molecule has 1 aliphatic rings. The van der Waals surface area contributed by atoms with Gasteiger partial charge >= 0.3 is 0 Å². The van der Waals surface area contributed by atoms with E-state index in [1.165, 1.54) is 0 Å². The second-order valence-corrected chi connectivity index (χ2v) is 7.20. The first-order chi connectivity index (χ1) is 13.6. The van der Waals surface area contributed by atoms with Crippen molar-refractivity contribution in [3.05, 3.63) is 30.2 Å². The number of aromatic nitrogens is 2. The summed E-state index contributed by atoms with van der Waals surface area (Å²) >= 11 is 0. The Morgan fingerprint density at radius 3 is 2.62 bits per heavy atom. The van der Waals surface area contributed by atoms with Gasteiger partial charge in [-0.3, -0.25) is 4.79 Å². The summed E-state index contributed by atoms with van der Waals surface area (Å²) in [5.41, 5.74) is 0.856. The summed E-state index contributed by atoms with van der Waals surface area (Å²) in [4.78, 5) is 16.7. The Hall–Kier alpha value is -2.16. The minimum atomic E-state index is -0.0155. The number of halogens is 1. The van der Waals surface area contributed by atoms with Crippen LogP contribution in [0.1, 0.15) is 25.2 Å². The lowest BCUT2D eigenvalue weighted by Crippen LogP contribution is -2.47. The molecule has 0 radical (unpaired) electrons. The number of nitrogens with zero attached hydrogens (tertiary/aromatic N) is 2. The molecule has 1 amide bonds. The van der Waals surface area contributed by atoms with E-state index < -0.39 is 0 Å². The number of piperidine rings is 1. The van der Waals surface area contributed by atoms with E-state index in [4.69, 9.17) is 14.0 Å². The molecule has 160 valence electrons. The number of nitrogens with one attached hydrogen (secondary N) is 2. The van der Waals surface area contributed by atoms with Gasteiger partial charge in [0, 0.05) is 37.5 Å².